The van der Waals surface area contributed by atoms with Crippen molar-refractivity contribution in [1.82, 2.24) is 10.3 Å². The predicted octanol–water partition coefficient (Wildman–Crippen LogP) is 2.76. The topological polar surface area (TPSA) is 48.7 Å². The van der Waals surface area contributed by atoms with Crippen molar-refractivity contribution in [2.24, 2.45) is 5.92 Å². The van der Waals surface area contributed by atoms with E-state index >= 15 is 0 Å². The lowest BCUT2D eigenvalue weighted by Crippen LogP contribution is -2.39. The van der Waals surface area contributed by atoms with Crippen molar-refractivity contribution in [1.29, 1.82) is 5.26 Å². The molecule has 1 aromatic heterocycles. The molecule has 2 aliphatic rings. The fourth-order valence-corrected chi connectivity index (χ4v) is 3.11. The molecule has 1 N–H and O–H groups in total. The molecule has 0 aromatic carbocycles. The van der Waals surface area contributed by atoms with Gasteiger partial charge in [0.05, 0.1) is 5.56 Å². The second kappa shape index (κ2) is 4.72. The van der Waals surface area contributed by atoms with E-state index in [9.17, 15) is 0 Å². The Bertz CT molecular complexity index is 544. The first-order valence-electron chi connectivity index (χ1n) is 6.29. The van der Waals surface area contributed by atoms with Gasteiger partial charge in [-0.3, -0.25) is 0 Å². The fourth-order valence-electron chi connectivity index (χ4n) is 2.96. The molecule has 0 spiro atoms. The largest absolute Gasteiger partial charge is 0.310 e. The van der Waals surface area contributed by atoms with Crippen molar-refractivity contribution in [2.45, 2.75) is 25.3 Å². The number of allylic oxidation sites excluding steroid dienone is 1. The van der Waals surface area contributed by atoms with Gasteiger partial charge in [-0.1, -0.05) is 17.7 Å². The third-order valence-electron chi connectivity index (χ3n) is 3.86. The lowest BCUT2D eigenvalue weighted by molar-refractivity contribution is 0.346. The lowest BCUT2D eigenvalue weighted by atomic mass is 9.88. The first-order valence-corrected chi connectivity index (χ1v) is 6.67. The van der Waals surface area contributed by atoms with Gasteiger partial charge in [0.2, 0.25) is 0 Å². The van der Waals surface area contributed by atoms with Gasteiger partial charge in [-0.15, -0.1) is 0 Å². The Kier molecular flexibility index (Phi) is 3.07. The fraction of sp³-hybridized carbons (Fsp3) is 0.429. The van der Waals surface area contributed by atoms with Crippen molar-refractivity contribution >= 4 is 17.2 Å². The van der Waals surface area contributed by atoms with Crippen molar-refractivity contribution in [3.63, 3.8) is 0 Å². The highest BCUT2D eigenvalue weighted by molar-refractivity contribution is 6.30. The Morgan fingerprint density at radius 3 is 3.22 bits per heavy atom. The molecular weight excluding hydrogens is 246 g/mol. The van der Waals surface area contributed by atoms with Crippen LogP contribution in [0.25, 0.3) is 5.57 Å². The number of nitriles is 1. The third kappa shape index (κ3) is 1.92. The molecular formula is C14H14ClN3. The first kappa shape index (κ1) is 11.7. The van der Waals surface area contributed by atoms with Crippen molar-refractivity contribution < 1.29 is 0 Å². The minimum atomic E-state index is 0.285. The number of aromatic nitrogens is 1. The molecule has 1 aromatic rings. The maximum absolute atomic E-state index is 9.01. The van der Waals surface area contributed by atoms with E-state index < -0.39 is 0 Å². The molecule has 3 rings (SSSR count). The highest BCUT2D eigenvalue weighted by Gasteiger charge is 2.32. The summed E-state index contributed by atoms with van der Waals surface area (Å²) in [6.07, 6.45) is 7.71. The molecule has 2 atom stereocenters. The Labute approximate surface area is 111 Å². The van der Waals surface area contributed by atoms with Crippen molar-refractivity contribution in [3.8, 4) is 6.07 Å². The minimum absolute atomic E-state index is 0.285. The highest BCUT2D eigenvalue weighted by Crippen LogP contribution is 2.37. The number of halogens is 1. The molecule has 0 radical (unpaired) electrons. The number of rotatable bonds is 1. The number of nitrogens with one attached hydrogen (secondary N) is 1. The minimum Gasteiger partial charge on any atom is -0.310 e. The van der Waals surface area contributed by atoms with Crippen LogP contribution in [0.3, 0.4) is 0 Å². The van der Waals surface area contributed by atoms with E-state index in [1.165, 1.54) is 18.4 Å². The summed E-state index contributed by atoms with van der Waals surface area (Å²) in [5.41, 5.74) is 2.76. The van der Waals surface area contributed by atoms with Crippen LogP contribution in [-0.2, 0) is 0 Å². The third-order valence-corrected chi connectivity index (χ3v) is 4.16. The van der Waals surface area contributed by atoms with E-state index in [4.69, 9.17) is 16.9 Å². The second-order valence-corrected chi connectivity index (χ2v) is 5.26. The van der Waals surface area contributed by atoms with Gasteiger partial charge in [0.15, 0.2) is 0 Å². The number of piperidine rings is 1. The predicted molar refractivity (Wildman–Crippen MR) is 71.1 cm³/mol. The quantitative estimate of drug-likeness (QED) is 0.789. The smallest absolute Gasteiger partial charge is 0.146 e. The Morgan fingerprint density at radius 2 is 2.39 bits per heavy atom. The normalized spacial score (nSPS) is 26.3. The van der Waals surface area contributed by atoms with Gasteiger partial charge >= 0.3 is 0 Å². The second-order valence-electron chi connectivity index (χ2n) is 4.90. The van der Waals surface area contributed by atoms with Gasteiger partial charge in [-0.05, 0) is 48.9 Å². The molecule has 0 bridgehead atoms. The maximum atomic E-state index is 9.01. The Morgan fingerprint density at radius 1 is 1.50 bits per heavy atom. The zero-order valence-corrected chi connectivity index (χ0v) is 10.7. The standard InChI is InChI=1S/C14H14ClN3/c15-14-10(7-16)6-11(8-18-14)12-4-3-9-2-1-5-17-13(9)12/h4,6,8-9,13,17H,1-3,5H2. The molecule has 1 saturated heterocycles. The van der Waals surface area contributed by atoms with Crippen LogP contribution in [0.4, 0.5) is 0 Å². The molecule has 4 heteroatoms. The maximum Gasteiger partial charge on any atom is 0.146 e. The van der Waals surface area contributed by atoms with Gasteiger partial charge in [-0.2, -0.15) is 5.26 Å². The summed E-state index contributed by atoms with van der Waals surface area (Å²) in [6.45, 7) is 1.07. The van der Waals surface area contributed by atoms with E-state index in [2.05, 4.69) is 22.4 Å². The molecule has 2 unspecified atom stereocenters. The Balaban J connectivity index is 1.94. The molecule has 1 fully saturated rings. The van der Waals surface area contributed by atoms with Crippen LogP contribution in [0.2, 0.25) is 5.15 Å². The van der Waals surface area contributed by atoms with Crippen LogP contribution in [0.1, 0.15) is 30.4 Å². The zero-order chi connectivity index (χ0) is 12.5. The van der Waals surface area contributed by atoms with E-state index in [-0.39, 0.29) is 5.15 Å². The van der Waals surface area contributed by atoms with Gasteiger partial charge in [-0.25, -0.2) is 4.98 Å². The number of fused-ring (bicyclic) bond motifs is 1. The van der Waals surface area contributed by atoms with Crippen LogP contribution >= 0.6 is 11.6 Å². The van der Waals surface area contributed by atoms with Crippen LogP contribution in [-0.4, -0.2) is 17.6 Å². The first-order chi connectivity index (χ1) is 8.79. The summed E-state index contributed by atoms with van der Waals surface area (Å²) in [7, 11) is 0. The highest BCUT2D eigenvalue weighted by atomic mass is 35.5. The van der Waals surface area contributed by atoms with Crippen LogP contribution in [0.15, 0.2) is 18.3 Å². The SMILES string of the molecule is N#Cc1cc(C2=CCC3CCCNC23)cnc1Cl. The van der Waals surface area contributed by atoms with Gasteiger partial charge in [0, 0.05) is 12.2 Å². The summed E-state index contributed by atoms with van der Waals surface area (Å²) in [5.74, 6) is 0.704. The van der Waals surface area contributed by atoms with Crippen LogP contribution in [0, 0.1) is 17.2 Å². The number of pyridine rings is 1. The van der Waals surface area contributed by atoms with Gasteiger partial charge in [0.1, 0.15) is 11.2 Å². The average molecular weight is 260 g/mol. The van der Waals surface area contributed by atoms with Crippen molar-refractivity contribution in [2.75, 3.05) is 6.54 Å². The lowest BCUT2D eigenvalue weighted by Gasteiger charge is -2.29. The molecule has 1 aliphatic carbocycles. The molecule has 2 heterocycles. The van der Waals surface area contributed by atoms with Crippen molar-refractivity contribution in [3.05, 3.63) is 34.6 Å². The van der Waals surface area contributed by atoms with E-state index in [0.29, 0.717) is 17.5 Å². The molecule has 0 amide bonds. The monoisotopic (exact) mass is 259 g/mol. The zero-order valence-electron chi connectivity index (χ0n) is 9.99. The van der Waals surface area contributed by atoms with Crippen LogP contribution in [0.5, 0.6) is 0 Å². The molecule has 18 heavy (non-hydrogen) atoms. The van der Waals surface area contributed by atoms with E-state index in [1.807, 2.05) is 6.07 Å². The van der Waals surface area contributed by atoms with Gasteiger partial charge < -0.3 is 5.32 Å². The summed E-state index contributed by atoms with van der Waals surface area (Å²) < 4.78 is 0. The summed E-state index contributed by atoms with van der Waals surface area (Å²) >= 11 is 5.87. The van der Waals surface area contributed by atoms with E-state index in [0.717, 1.165) is 18.5 Å². The molecule has 0 saturated carbocycles. The molecule has 3 nitrogen and oxygen atoms in total. The number of hydrogen-bond donors (Lipinski definition) is 1. The summed E-state index contributed by atoms with van der Waals surface area (Å²) in [4.78, 5) is 4.11. The summed E-state index contributed by atoms with van der Waals surface area (Å²) in [6, 6.07) is 4.36. The molecule has 92 valence electrons. The number of hydrogen-bond acceptors (Lipinski definition) is 3. The number of nitrogens with zero attached hydrogens (tertiary/aromatic N) is 2. The van der Waals surface area contributed by atoms with Crippen LogP contribution < -0.4 is 5.32 Å². The van der Waals surface area contributed by atoms with E-state index in [1.54, 1.807) is 6.20 Å². The van der Waals surface area contributed by atoms with Gasteiger partial charge in [0.25, 0.3) is 0 Å². The molecule has 1 aliphatic heterocycles. The summed E-state index contributed by atoms with van der Waals surface area (Å²) in [5, 5.41) is 12.9. The average Bonchev–Trinajstić information content (AvgIpc) is 2.83. The Hall–Kier alpha value is -1.37.